The average Bonchev–Trinajstić information content (AvgIpc) is 2.68. The molecule has 1 aliphatic rings. The second kappa shape index (κ2) is 5.33. The first-order chi connectivity index (χ1) is 9.26. The summed E-state index contributed by atoms with van der Waals surface area (Å²) in [6.07, 6.45) is 6.03. The van der Waals surface area contributed by atoms with Crippen LogP contribution in [0.3, 0.4) is 0 Å². The third-order valence-corrected chi connectivity index (χ3v) is 4.23. The van der Waals surface area contributed by atoms with Crippen LogP contribution in [0.2, 0.25) is 0 Å². The summed E-state index contributed by atoms with van der Waals surface area (Å²) >= 11 is 0. The third-order valence-electron chi connectivity index (χ3n) is 4.23. The van der Waals surface area contributed by atoms with Crippen LogP contribution in [-0.2, 0) is 0 Å². The van der Waals surface area contributed by atoms with Crippen molar-refractivity contribution < 1.29 is 8.81 Å². The van der Waals surface area contributed by atoms with Crippen LogP contribution in [0.1, 0.15) is 43.8 Å². The lowest BCUT2D eigenvalue weighted by molar-refractivity contribution is 0.417. The molecule has 1 fully saturated rings. The van der Waals surface area contributed by atoms with Crippen LogP contribution >= 0.6 is 0 Å². The normalized spacial score (nSPS) is 24.5. The average molecular weight is 261 g/mol. The maximum Gasteiger partial charge on any atom is 0.134 e. The number of halogens is 1. The molecule has 19 heavy (non-hydrogen) atoms. The van der Waals surface area contributed by atoms with Crippen molar-refractivity contribution in [1.82, 2.24) is 5.32 Å². The van der Waals surface area contributed by atoms with Crippen LogP contribution in [0.4, 0.5) is 4.39 Å². The summed E-state index contributed by atoms with van der Waals surface area (Å²) in [5.74, 6) is 1.27. The predicted octanol–water partition coefficient (Wildman–Crippen LogP) is 4.21. The Labute approximate surface area is 113 Å². The fourth-order valence-electron chi connectivity index (χ4n) is 3.12. The van der Waals surface area contributed by atoms with Crippen LogP contribution in [0.25, 0.3) is 11.0 Å². The molecule has 102 valence electrons. The third kappa shape index (κ3) is 2.66. The van der Waals surface area contributed by atoms with Crippen molar-refractivity contribution in [2.75, 3.05) is 7.05 Å². The molecule has 2 aromatic rings. The number of hydrogen-bond acceptors (Lipinski definition) is 2. The molecular formula is C16H20FNO. The molecule has 0 bridgehead atoms. The first-order valence-electron chi connectivity index (χ1n) is 7.12. The monoisotopic (exact) mass is 261 g/mol. The molecule has 0 aliphatic heterocycles. The number of hydrogen-bond donors (Lipinski definition) is 1. The van der Waals surface area contributed by atoms with Crippen molar-refractivity contribution in [2.45, 2.75) is 44.1 Å². The molecular weight excluding hydrogens is 241 g/mol. The van der Waals surface area contributed by atoms with E-state index in [-0.39, 0.29) is 5.82 Å². The number of benzene rings is 1. The van der Waals surface area contributed by atoms with Gasteiger partial charge in [0.1, 0.15) is 17.2 Å². The lowest BCUT2D eigenvalue weighted by Crippen LogP contribution is -2.25. The highest BCUT2D eigenvalue weighted by atomic mass is 19.1. The van der Waals surface area contributed by atoms with E-state index < -0.39 is 0 Å². The van der Waals surface area contributed by atoms with Gasteiger partial charge in [-0.05, 0) is 50.6 Å². The Hall–Kier alpha value is -1.35. The van der Waals surface area contributed by atoms with Gasteiger partial charge < -0.3 is 9.73 Å². The molecule has 0 saturated heterocycles. The molecule has 1 aromatic heterocycles. The zero-order valence-electron chi connectivity index (χ0n) is 11.3. The van der Waals surface area contributed by atoms with E-state index in [1.54, 1.807) is 12.1 Å². The summed E-state index contributed by atoms with van der Waals surface area (Å²) in [7, 11) is 2.03. The van der Waals surface area contributed by atoms with E-state index in [2.05, 4.69) is 5.32 Å². The van der Waals surface area contributed by atoms with Gasteiger partial charge in [0, 0.05) is 17.3 Å². The lowest BCUT2D eigenvalue weighted by atomic mass is 9.95. The topological polar surface area (TPSA) is 25.2 Å². The minimum Gasteiger partial charge on any atom is -0.461 e. The molecule has 1 aromatic carbocycles. The number of nitrogens with one attached hydrogen (secondary N) is 1. The highest BCUT2D eigenvalue weighted by molar-refractivity contribution is 5.78. The van der Waals surface area contributed by atoms with E-state index in [1.807, 2.05) is 13.1 Å². The van der Waals surface area contributed by atoms with Crippen LogP contribution in [0, 0.1) is 5.82 Å². The van der Waals surface area contributed by atoms with E-state index >= 15 is 0 Å². The number of furan rings is 1. The molecule has 0 amide bonds. The van der Waals surface area contributed by atoms with Crippen molar-refractivity contribution in [3.8, 4) is 0 Å². The van der Waals surface area contributed by atoms with E-state index in [4.69, 9.17) is 4.42 Å². The quantitative estimate of drug-likeness (QED) is 0.819. The van der Waals surface area contributed by atoms with Crippen LogP contribution in [0.5, 0.6) is 0 Å². The maximum atomic E-state index is 13.2. The van der Waals surface area contributed by atoms with Crippen LogP contribution < -0.4 is 5.32 Å². The van der Waals surface area contributed by atoms with Gasteiger partial charge in [0.15, 0.2) is 0 Å². The molecule has 2 nitrogen and oxygen atoms in total. The van der Waals surface area contributed by atoms with Crippen LogP contribution in [0.15, 0.2) is 28.7 Å². The second-order valence-electron chi connectivity index (χ2n) is 5.53. The first kappa shape index (κ1) is 12.7. The van der Waals surface area contributed by atoms with Gasteiger partial charge in [-0.25, -0.2) is 4.39 Å². The van der Waals surface area contributed by atoms with E-state index in [1.165, 1.54) is 31.7 Å². The van der Waals surface area contributed by atoms with Gasteiger partial charge in [-0.15, -0.1) is 0 Å². The Bertz CT molecular complexity index is 563. The molecule has 1 saturated carbocycles. The summed E-state index contributed by atoms with van der Waals surface area (Å²) in [4.78, 5) is 0. The van der Waals surface area contributed by atoms with Gasteiger partial charge in [-0.2, -0.15) is 0 Å². The zero-order valence-corrected chi connectivity index (χ0v) is 11.3. The Morgan fingerprint density at radius 2 is 2.05 bits per heavy atom. The van der Waals surface area contributed by atoms with Crippen LogP contribution in [-0.4, -0.2) is 13.1 Å². The summed E-state index contributed by atoms with van der Waals surface area (Å²) in [5.41, 5.74) is 0.793. The zero-order chi connectivity index (χ0) is 13.2. The Kier molecular flexibility index (Phi) is 3.56. The highest BCUT2D eigenvalue weighted by Gasteiger charge is 2.23. The minimum absolute atomic E-state index is 0.200. The van der Waals surface area contributed by atoms with Gasteiger partial charge in [0.25, 0.3) is 0 Å². The molecule has 2 atom stereocenters. The standard InChI is InChI=1S/C16H20FNO/c1-18-14-5-3-2-4-11(9-14)16-10-12-8-13(17)6-7-15(12)19-16/h6-8,10-11,14,18H,2-5,9H2,1H3. The highest BCUT2D eigenvalue weighted by Crippen LogP contribution is 2.35. The minimum atomic E-state index is -0.200. The van der Waals surface area contributed by atoms with Crippen molar-refractivity contribution >= 4 is 11.0 Å². The maximum absolute atomic E-state index is 13.2. The Morgan fingerprint density at radius 3 is 2.89 bits per heavy atom. The Morgan fingerprint density at radius 1 is 1.21 bits per heavy atom. The number of rotatable bonds is 2. The molecule has 1 heterocycles. The van der Waals surface area contributed by atoms with E-state index in [0.717, 1.165) is 23.2 Å². The smallest absolute Gasteiger partial charge is 0.134 e. The van der Waals surface area contributed by atoms with Gasteiger partial charge in [-0.1, -0.05) is 12.8 Å². The van der Waals surface area contributed by atoms with Crippen molar-refractivity contribution in [1.29, 1.82) is 0 Å². The largest absolute Gasteiger partial charge is 0.461 e. The Balaban J connectivity index is 1.89. The molecule has 3 rings (SSSR count). The van der Waals surface area contributed by atoms with Gasteiger partial charge >= 0.3 is 0 Å². The fourth-order valence-corrected chi connectivity index (χ4v) is 3.12. The second-order valence-corrected chi connectivity index (χ2v) is 5.53. The number of fused-ring (bicyclic) bond motifs is 1. The predicted molar refractivity (Wildman–Crippen MR) is 74.8 cm³/mol. The van der Waals surface area contributed by atoms with Gasteiger partial charge in [0.05, 0.1) is 0 Å². The molecule has 0 radical (unpaired) electrons. The van der Waals surface area contributed by atoms with Crippen molar-refractivity contribution in [3.63, 3.8) is 0 Å². The van der Waals surface area contributed by atoms with Gasteiger partial charge in [0.2, 0.25) is 0 Å². The molecule has 0 spiro atoms. The van der Waals surface area contributed by atoms with Gasteiger partial charge in [-0.3, -0.25) is 0 Å². The summed E-state index contributed by atoms with van der Waals surface area (Å²) in [6, 6.07) is 7.31. The lowest BCUT2D eigenvalue weighted by Gasteiger charge is -2.17. The van der Waals surface area contributed by atoms with Crippen molar-refractivity contribution in [3.05, 3.63) is 35.8 Å². The SMILES string of the molecule is CNC1CCCCC(c2cc3cc(F)ccc3o2)C1. The molecule has 2 unspecified atom stereocenters. The molecule has 3 heteroatoms. The fraction of sp³-hybridized carbons (Fsp3) is 0.500. The first-order valence-corrected chi connectivity index (χ1v) is 7.12. The summed E-state index contributed by atoms with van der Waals surface area (Å²) in [5, 5.41) is 4.26. The van der Waals surface area contributed by atoms with E-state index in [0.29, 0.717) is 12.0 Å². The summed E-state index contributed by atoms with van der Waals surface area (Å²) < 4.78 is 19.1. The summed E-state index contributed by atoms with van der Waals surface area (Å²) in [6.45, 7) is 0. The molecule has 1 N–H and O–H groups in total. The van der Waals surface area contributed by atoms with Crippen molar-refractivity contribution in [2.24, 2.45) is 0 Å². The van der Waals surface area contributed by atoms with E-state index in [9.17, 15) is 4.39 Å². The molecule has 1 aliphatic carbocycles.